The summed E-state index contributed by atoms with van der Waals surface area (Å²) in [6.07, 6.45) is 0. The van der Waals surface area contributed by atoms with Gasteiger partial charge >= 0.3 is 5.63 Å². The molecule has 0 saturated carbocycles. The Hall–Kier alpha value is -2.21. The lowest BCUT2D eigenvalue weighted by Crippen LogP contribution is -2.28. The van der Waals surface area contributed by atoms with E-state index in [1.165, 1.54) is 5.01 Å². The summed E-state index contributed by atoms with van der Waals surface area (Å²) in [7, 11) is 1.62. The molecule has 0 aliphatic carbocycles. The van der Waals surface area contributed by atoms with E-state index < -0.39 is 5.63 Å². The fourth-order valence-corrected chi connectivity index (χ4v) is 1.68. The smallest absolute Gasteiger partial charge is 0.345 e. The maximum absolute atomic E-state index is 11.9. The van der Waals surface area contributed by atoms with Gasteiger partial charge in [0.15, 0.2) is 5.11 Å². The van der Waals surface area contributed by atoms with Gasteiger partial charge in [-0.15, -0.1) is 0 Å². The van der Waals surface area contributed by atoms with Crippen LogP contribution in [0.25, 0.3) is 11.0 Å². The Balaban J connectivity index is 2.53. The molecule has 2 N–H and O–H groups in total. The first-order valence-electron chi connectivity index (χ1n) is 5.60. The lowest BCUT2D eigenvalue weighted by atomic mass is 10.1. The minimum Gasteiger partial charge on any atom is -0.422 e. The van der Waals surface area contributed by atoms with Gasteiger partial charge < -0.3 is 10.2 Å². The second-order valence-electron chi connectivity index (χ2n) is 4.03. The van der Waals surface area contributed by atoms with Gasteiger partial charge in [0.1, 0.15) is 5.58 Å². The molecule has 0 saturated heterocycles. The van der Waals surface area contributed by atoms with Crippen LogP contribution < -0.4 is 11.4 Å². The Morgan fingerprint density at radius 2 is 2.11 bits per heavy atom. The molecule has 19 heavy (non-hydrogen) atoms. The van der Waals surface area contributed by atoms with Crippen molar-refractivity contribution in [3.8, 4) is 0 Å². The number of nitrogens with two attached hydrogens (primary N) is 1. The Bertz CT molecular complexity index is 721. The zero-order chi connectivity index (χ0) is 14.0. The van der Waals surface area contributed by atoms with Gasteiger partial charge in [-0.1, -0.05) is 18.2 Å². The number of hydrogen-bond acceptors (Lipinski definition) is 4. The topological polar surface area (TPSA) is 71.8 Å². The van der Waals surface area contributed by atoms with Crippen LogP contribution in [0.3, 0.4) is 0 Å². The van der Waals surface area contributed by atoms with Crippen molar-refractivity contribution in [1.82, 2.24) is 5.01 Å². The van der Waals surface area contributed by atoms with Crippen molar-refractivity contribution >= 4 is 34.0 Å². The summed E-state index contributed by atoms with van der Waals surface area (Å²) in [5.74, 6) is 0. The van der Waals surface area contributed by atoms with Gasteiger partial charge in [0.2, 0.25) is 0 Å². The van der Waals surface area contributed by atoms with Crippen LogP contribution in [-0.4, -0.2) is 22.9 Å². The molecule has 0 aliphatic heterocycles. The van der Waals surface area contributed by atoms with Crippen molar-refractivity contribution in [2.75, 3.05) is 7.05 Å². The molecule has 0 spiro atoms. The summed E-state index contributed by atoms with van der Waals surface area (Å²) in [5, 5.41) is 6.44. The van der Waals surface area contributed by atoms with Crippen molar-refractivity contribution in [3.05, 3.63) is 46.3 Å². The van der Waals surface area contributed by atoms with E-state index >= 15 is 0 Å². The van der Waals surface area contributed by atoms with Crippen LogP contribution >= 0.6 is 12.2 Å². The molecule has 0 atom stereocenters. The SMILES string of the molecule is C/C(=N/N(C)C(N)=S)c1cc2ccccc2oc1=O. The fourth-order valence-electron chi connectivity index (χ4n) is 1.64. The molecular formula is C13H13N3O2S. The predicted molar refractivity (Wildman–Crippen MR) is 79.2 cm³/mol. The molecule has 0 amide bonds. The van der Waals surface area contributed by atoms with E-state index in [0.717, 1.165) is 5.39 Å². The highest BCUT2D eigenvalue weighted by atomic mass is 32.1. The summed E-state index contributed by atoms with van der Waals surface area (Å²) in [6, 6.07) is 9.04. The second-order valence-corrected chi connectivity index (χ2v) is 4.45. The van der Waals surface area contributed by atoms with Crippen molar-refractivity contribution in [1.29, 1.82) is 0 Å². The molecule has 1 aromatic carbocycles. The summed E-state index contributed by atoms with van der Waals surface area (Å²) < 4.78 is 5.24. The molecule has 1 heterocycles. The number of nitrogens with zero attached hydrogens (tertiary/aromatic N) is 2. The number of rotatable bonds is 2. The Morgan fingerprint density at radius 3 is 2.79 bits per heavy atom. The van der Waals surface area contributed by atoms with Gasteiger partial charge in [-0.2, -0.15) is 5.10 Å². The summed E-state index contributed by atoms with van der Waals surface area (Å²) in [6.45, 7) is 1.70. The molecule has 0 unspecified atom stereocenters. The van der Waals surface area contributed by atoms with Gasteiger partial charge in [0.25, 0.3) is 0 Å². The maximum Gasteiger partial charge on any atom is 0.345 e. The highest BCUT2D eigenvalue weighted by molar-refractivity contribution is 7.80. The third kappa shape index (κ3) is 2.79. The van der Waals surface area contributed by atoms with E-state index in [1.807, 2.05) is 18.2 Å². The molecule has 0 radical (unpaired) electrons. The summed E-state index contributed by atoms with van der Waals surface area (Å²) in [5.41, 5.74) is 6.44. The first kappa shape index (κ1) is 13.2. The molecule has 0 fully saturated rings. The molecule has 2 aromatic rings. The summed E-state index contributed by atoms with van der Waals surface area (Å²) >= 11 is 4.79. The zero-order valence-corrected chi connectivity index (χ0v) is 11.4. The van der Waals surface area contributed by atoms with Crippen LogP contribution in [0.15, 0.2) is 44.6 Å². The Kier molecular flexibility index (Phi) is 3.62. The standard InChI is InChI=1S/C13H13N3O2S/c1-8(15-16(2)13(14)19)10-7-9-5-3-4-6-11(9)18-12(10)17/h3-7H,1-2H3,(H2,14,19)/b15-8-. The van der Waals surface area contributed by atoms with Crippen LogP contribution in [0, 0.1) is 0 Å². The third-order valence-corrected chi connectivity index (χ3v) is 2.91. The minimum absolute atomic E-state index is 0.129. The molecule has 5 nitrogen and oxygen atoms in total. The van der Waals surface area contributed by atoms with Gasteiger partial charge in [-0.25, -0.2) is 9.80 Å². The monoisotopic (exact) mass is 275 g/mol. The number of benzene rings is 1. The summed E-state index contributed by atoms with van der Waals surface area (Å²) in [4.78, 5) is 11.9. The van der Waals surface area contributed by atoms with Gasteiger partial charge in [-0.3, -0.25) is 0 Å². The van der Waals surface area contributed by atoms with Crippen LogP contribution in [-0.2, 0) is 0 Å². The van der Waals surface area contributed by atoms with E-state index in [0.29, 0.717) is 16.9 Å². The first-order chi connectivity index (χ1) is 8.99. The Morgan fingerprint density at radius 1 is 1.42 bits per heavy atom. The van der Waals surface area contributed by atoms with E-state index in [1.54, 1.807) is 26.1 Å². The number of fused-ring (bicyclic) bond motifs is 1. The van der Waals surface area contributed by atoms with Gasteiger partial charge in [0, 0.05) is 12.4 Å². The first-order valence-corrected chi connectivity index (χ1v) is 6.01. The van der Waals surface area contributed by atoms with Gasteiger partial charge in [0.05, 0.1) is 11.3 Å². The van der Waals surface area contributed by atoms with Crippen LogP contribution in [0.2, 0.25) is 0 Å². The molecule has 98 valence electrons. The highest BCUT2D eigenvalue weighted by Gasteiger charge is 2.09. The van der Waals surface area contributed by atoms with Gasteiger partial charge in [-0.05, 0) is 31.3 Å². The highest BCUT2D eigenvalue weighted by Crippen LogP contribution is 2.13. The van der Waals surface area contributed by atoms with Crippen LogP contribution in [0.5, 0.6) is 0 Å². The molecule has 1 aromatic heterocycles. The minimum atomic E-state index is -0.434. The third-order valence-electron chi connectivity index (χ3n) is 2.65. The lowest BCUT2D eigenvalue weighted by molar-refractivity contribution is 0.543. The molecule has 6 heteroatoms. The number of thiocarbonyl (C=S) groups is 1. The number of hydrazone groups is 1. The lowest BCUT2D eigenvalue weighted by Gasteiger charge is -2.11. The van der Waals surface area contributed by atoms with Crippen LogP contribution in [0.1, 0.15) is 12.5 Å². The quantitative estimate of drug-likeness (QED) is 0.391. The number of hydrogen-bond donors (Lipinski definition) is 1. The second kappa shape index (κ2) is 5.19. The van der Waals surface area contributed by atoms with Crippen LogP contribution in [0.4, 0.5) is 0 Å². The molecule has 0 bridgehead atoms. The normalized spacial score (nSPS) is 11.6. The number of para-hydroxylation sites is 1. The van der Waals surface area contributed by atoms with Crippen molar-refractivity contribution < 1.29 is 4.42 Å². The average molecular weight is 275 g/mol. The van der Waals surface area contributed by atoms with Crippen molar-refractivity contribution in [2.45, 2.75) is 6.92 Å². The average Bonchev–Trinajstić information content (AvgIpc) is 2.37. The van der Waals surface area contributed by atoms with Crippen molar-refractivity contribution in [3.63, 3.8) is 0 Å². The molecule has 2 rings (SSSR count). The van der Waals surface area contributed by atoms with E-state index in [4.69, 9.17) is 22.4 Å². The molecular weight excluding hydrogens is 262 g/mol. The largest absolute Gasteiger partial charge is 0.422 e. The van der Waals surface area contributed by atoms with Crippen molar-refractivity contribution in [2.24, 2.45) is 10.8 Å². The van der Waals surface area contributed by atoms with E-state index in [9.17, 15) is 4.79 Å². The predicted octanol–water partition coefficient (Wildman–Crippen LogP) is 1.69. The van der Waals surface area contributed by atoms with E-state index in [-0.39, 0.29) is 5.11 Å². The Labute approximate surface area is 115 Å². The zero-order valence-electron chi connectivity index (χ0n) is 10.6. The molecule has 0 aliphatic rings. The maximum atomic E-state index is 11.9. The van der Waals surface area contributed by atoms with E-state index in [2.05, 4.69) is 5.10 Å². The fraction of sp³-hybridized carbons (Fsp3) is 0.154.